The lowest BCUT2D eigenvalue weighted by Crippen LogP contribution is -2.11. The van der Waals surface area contributed by atoms with Crippen molar-refractivity contribution in [1.82, 2.24) is 9.55 Å². The van der Waals surface area contributed by atoms with Gasteiger partial charge in [0.25, 0.3) is 0 Å². The number of aryl methyl sites for hydroxylation is 1. The normalized spacial score (nSPS) is 11.0. The molecular formula is C17H15ClN2O3. The first-order valence-electron chi connectivity index (χ1n) is 7.06. The van der Waals surface area contributed by atoms with Crippen LogP contribution >= 0.6 is 11.6 Å². The maximum Gasteiger partial charge on any atom is 0.329 e. The van der Waals surface area contributed by atoms with E-state index in [0.29, 0.717) is 5.02 Å². The first kappa shape index (κ1) is 15.5. The summed E-state index contributed by atoms with van der Waals surface area (Å²) in [5.41, 5.74) is 3.88. The van der Waals surface area contributed by atoms with Crippen molar-refractivity contribution in [2.75, 3.05) is 6.61 Å². The van der Waals surface area contributed by atoms with Crippen molar-refractivity contribution in [1.29, 1.82) is 0 Å². The lowest BCUT2D eigenvalue weighted by molar-refractivity contribution is -0.143. The van der Waals surface area contributed by atoms with Gasteiger partial charge in [-0.3, -0.25) is 4.98 Å². The fraction of sp³-hybridized carbons (Fsp3) is 0.176. The Labute approximate surface area is 138 Å². The summed E-state index contributed by atoms with van der Waals surface area (Å²) in [4.78, 5) is 14.9. The molecule has 0 bridgehead atoms. The van der Waals surface area contributed by atoms with Crippen LogP contribution in [0.1, 0.15) is 5.56 Å². The number of carboxylic acids is 1. The van der Waals surface area contributed by atoms with Crippen LogP contribution in [0, 0.1) is 6.92 Å². The number of ether oxygens (including phenoxy) is 1. The molecule has 118 valence electrons. The average molecular weight is 331 g/mol. The molecule has 0 aliphatic heterocycles. The molecule has 0 aliphatic carbocycles. The van der Waals surface area contributed by atoms with Crippen molar-refractivity contribution in [2.24, 2.45) is 0 Å². The smallest absolute Gasteiger partial charge is 0.329 e. The van der Waals surface area contributed by atoms with Gasteiger partial charge in [0.2, 0.25) is 0 Å². The number of hydrogen-bond donors (Lipinski definition) is 1. The third-order valence-corrected chi connectivity index (χ3v) is 3.89. The molecule has 0 saturated carbocycles. The summed E-state index contributed by atoms with van der Waals surface area (Å²) in [6.45, 7) is 1.80. The molecule has 0 fully saturated rings. The van der Waals surface area contributed by atoms with Gasteiger partial charge in [-0.1, -0.05) is 11.6 Å². The maximum atomic E-state index is 10.7. The predicted octanol–water partition coefficient (Wildman–Crippen LogP) is 3.72. The van der Waals surface area contributed by atoms with E-state index < -0.39 is 5.97 Å². The van der Waals surface area contributed by atoms with E-state index in [1.807, 2.05) is 41.8 Å². The van der Waals surface area contributed by atoms with E-state index in [-0.39, 0.29) is 13.3 Å². The van der Waals surface area contributed by atoms with Crippen LogP contribution in [0.2, 0.25) is 5.02 Å². The van der Waals surface area contributed by atoms with Gasteiger partial charge in [-0.15, -0.1) is 0 Å². The first-order valence-corrected chi connectivity index (χ1v) is 7.44. The third kappa shape index (κ3) is 3.06. The molecular weight excluding hydrogens is 316 g/mol. The largest absolute Gasteiger partial charge is 0.480 e. The van der Waals surface area contributed by atoms with Crippen LogP contribution in [0.4, 0.5) is 0 Å². The number of pyridine rings is 1. The first-order chi connectivity index (χ1) is 11.1. The van der Waals surface area contributed by atoms with Gasteiger partial charge in [0, 0.05) is 28.4 Å². The van der Waals surface area contributed by atoms with Crippen LogP contribution in [0.15, 0.2) is 42.7 Å². The number of carboxylic acid groups (broad SMARTS) is 1. The van der Waals surface area contributed by atoms with E-state index >= 15 is 0 Å². The van der Waals surface area contributed by atoms with Crippen LogP contribution in [0.5, 0.6) is 0 Å². The Morgan fingerprint density at radius 1 is 1.39 bits per heavy atom. The molecule has 2 heterocycles. The number of aromatic nitrogens is 2. The summed E-state index contributed by atoms with van der Waals surface area (Å²) < 4.78 is 7.25. The molecule has 5 nitrogen and oxygen atoms in total. The summed E-state index contributed by atoms with van der Waals surface area (Å²) in [7, 11) is 0. The zero-order valence-electron chi connectivity index (χ0n) is 12.5. The van der Waals surface area contributed by atoms with Crippen LogP contribution in [-0.2, 0) is 16.3 Å². The van der Waals surface area contributed by atoms with Crippen molar-refractivity contribution < 1.29 is 14.6 Å². The number of benzene rings is 1. The van der Waals surface area contributed by atoms with Gasteiger partial charge >= 0.3 is 5.97 Å². The lowest BCUT2D eigenvalue weighted by Gasteiger charge is -2.11. The summed E-state index contributed by atoms with van der Waals surface area (Å²) in [5, 5.41) is 10.4. The summed E-state index contributed by atoms with van der Waals surface area (Å²) >= 11 is 6.11. The second-order valence-electron chi connectivity index (χ2n) is 5.18. The standard InChI is InChI=1S/C17H15ClN2O3/c1-11-14-7-13(18)4-5-15(14)20(10-23-9-16(21)22)17(11)12-3-2-6-19-8-12/h2-8H,9-10H2,1H3,(H,21,22). The zero-order chi connectivity index (χ0) is 16.4. The van der Waals surface area contributed by atoms with E-state index in [4.69, 9.17) is 21.4 Å². The monoisotopic (exact) mass is 330 g/mol. The van der Waals surface area contributed by atoms with Crippen LogP contribution in [0.25, 0.3) is 22.2 Å². The van der Waals surface area contributed by atoms with E-state index in [1.165, 1.54) is 0 Å². The predicted molar refractivity (Wildman–Crippen MR) is 88.5 cm³/mol. The molecule has 0 radical (unpaired) electrons. The van der Waals surface area contributed by atoms with Gasteiger partial charge in [-0.05, 0) is 42.8 Å². The minimum Gasteiger partial charge on any atom is -0.480 e. The molecule has 0 atom stereocenters. The van der Waals surface area contributed by atoms with E-state index in [0.717, 1.165) is 27.7 Å². The highest BCUT2D eigenvalue weighted by molar-refractivity contribution is 6.31. The van der Waals surface area contributed by atoms with Gasteiger partial charge in [-0.25, -0.2) is 4.79 Å². The maximum absolute atomic E-state index is 10.7. The SMILES string of the molecule is Cc1c(-c2cccnc2)n(COCC(=O)O)c2ccc(Cl)cc12. The highest BCUT2D eigenvalue weighted by atomic mass is 35.5. The van der Waals surface area contributed by atoms with Crippen molar-refractivity contribution in [2.45, 2.75) is 13.7 Å². The Kier molecular flexibility index (Phi) is 4.32. The third-order valence-electron chi connectivity index (χ3n) is 3.66. The number of hydrogen-bond acceptors (Lipinski definition) is 3. The Morgan fingerprint density at radius 3 is 2.91 bits per heavy atom. The zero-order valence-corrected chi connectivity index (χ0v) is 13.2. The molecule has 23 heavy (non-hydrogen) atoms. The highest BCUT2D eigenvalue weighted by Crippen LogP contribution is 2.34. The Morgan fingerprint density at radius 2 is 2.22 bits per heavy atom. The number of carbonyl (C=O) groups is 1. The van der Waals surface area contributed by atoms with Crippen LogP contribution < -0.4 is 0 Å². The van der Waals surface area contributed by atoms with E-state index in [1.54, 1.807) is 12.4 Å². The molecule has 0 saturated heterocycles. The van der Waals surface area contributed by atoms with Gasteiger partial charge < -0.3 is 14.4 Å². The topological polar surface area (TPSA) is 64.4 Å². The Bertz CT molecular complexity index is 859. The average Bonchev–Trinajstić information content (AvgIpc) is 2.80. The minimum atomic E-state index is -0.996. The number of rotatable bonds is 5. The van der Waals surface area contributed by atoms with Gasteiger partial charge in [0.15, 0.2) is 0 Å². The van der Waals surface area contributed by atoms with E-state index in [2.05, 4.69) is 4.98 Å². The fourth-order valence-corrected chi connectivity index (χ4v) is 2.90. The minimum absolute atomic E-state index is 0.141. The fourth-order valence-electron chi connectivity index (χ4n) is 2.73. The summed E-state index contributed by atoms with van der Waals surface area (Å²) in [6.07, 6.45) is 3.49. The second kappa shape index (κ2) is 6.40. The second-order valence-corrected chi connectivity index (χ2v) is 5.61. The molecule has 0 spiro atoms. The molecule has 2 aromatic heterocycles. The molecule has 3 rings (SSSR count). The van der Waals surface area contributed by atoms with Gasteiger partial charge in [-0.2, -0.15) is 0 Å². The van der Waals surface area contributed by atoms with Gasteiger partial charge in [0.05, 0.1) is 11.2 Å². The van der Waals surface area contributed by atoms with Crippen LogP contribution in [0.3, 0.4) is 0 Å². The molecule has 6 heteroatoms. The van der Waals surface area contributed by atoms with Gasteiger partial charge in [0.1, 0.15) is 13.3 Å². The summed E-state index contributed by atoms with van der Waals surface area (Å²) in [5.74, 6) is -0.996. The van der Waals surface area contributed by atoms with Crippen molar-refractivity contribution in [3.8, 4) is 11.3 Å². The molecule has 0 unspecified atom stereocenters. The van der Waals surface area contributed by atoms with Crippen molar-refractivity contribution in [3.63, 3.8) is 0 Å². The molecule has 1 aromatic carbocycles. The van der Waals surface area contributed by atoms with Crippen molar-refractivity contribution >= 4 is 28.5 Å². The van der Waals surface area contributed by atoms with Crippen molar-refractivity contribution in [3.05, 3.63) is 53.3 Å². The van der Waals surface area contributed by atoms with E-state index in [9.17, 15) is 4.79 Å². The highest BCUT2D eigenvalue weighted by Gasteiger charge is 2.16. The number of nitrogens with zero attached hydrogens (tertiary/aromatic N) is 2. The van der Waals surface area contributed by atoms with Crippen LogP contribution in [-0.4, -0.2) is 27.2 Å². The number of halogens is 1. The number of fused-ring (bicyclic) bond motifs is 1. The molecule has 3 aromatic rings. The Balaban J connectivity index is 2.15. The molecule has 0 aliphatic rings. The lowest BCUT2D eigenvalue weighted by atomic mass is 10.1. The molecule has 0 amide bonds. The quantitative estimate of drug-likeness (QED) is 0.774. The Hall–Kier alpha value is -2.37. The molecule has 1 N–H and O–H groups in total. The summed E-state index contributed by atoms with van der Waals surface area (Å²) in [6, 6.07) is 9.45. The number of aliphatic carboxylic acids is 1.